The third-order valence-electron chi connectivity index (χ3n) is 5.93. The lowest BCUT2D eigenvalue weighted by Crippen LogP contribution is -2.66. The molecular formula is C27H38O5Si. The molecule has 0 saturated carbocycles. The van der Waals surface area contributed by atoms with Crippen molar-refractivity contribution in [3.8, 4) is 0 Å². The zero-order chi connectivity index (χ0) is 24.3. The molecule has 2 aromatic carbocycles. The van der Waals surface area contributed by atoms with Gasteiger partial charge >= 0.3 is 5.97 Å². The van der Waals surface area contributed by atoms with E-state index >= 15 is 0 Å². The van der Waals surface area contributed by atoms with Crippen molar-refractivity contribution in [1.82, 2.24) is 0 Å². The summed E-state index contributed by atoms with van der Waals surface area (Å²) >= 11 is 0. The molecule has 1 N–H and O–H groups in total. The molecular weight excluding hydrogens is 432 g/mol. The van der Waals surface area contributed by atoms with Crippen molar-refractivity contribution < 1.29 is 23.8 Å². The van der Waals surface area contributed by atoms with E-state index in [0.717, 1.165) is 0 Å². The zero-order valence-electron chi connectivity index (χ0n) is 20.7. The number of esters is 1. The molecule has 1 unspecified atom stereocenters. The van der Waals surface area contributed by atoms with Gasteiger partial charge in [0.05, 0.1) is 18.6 Å². The van der Waals surface area contributed by atoms with Crippen LogP contribution in [0.4, 0.5) is 0 Å². The highest BCUT2D eigenvalue weighted by Crippen LogP contribution is 2.38. The Hall–Kier alpha value is -1.99. The summed E-state index contributed by atoms with van der Waals surface area (Å²) in [5.74, 6) is -0.409. The molecule has 0 amide bonds. The molecule has 0 spiro atoms. The third-order valence-corrected chi connectivity index (χ3v) is 11.0. The lowest BCUT2D eigenvalue weighted by atomic mass is 10.1. The van der Waals surface area contributed by atoms with Gasteiger partial charge in [0.1, 0.15) is 11.7 Å². The summed E-state index contributed by atoms with van der Waals surface area (Å²) in [5.41, 5.74) is -0.565. The molecule has 1 fully saturated rings. The number of benzene rings is 2. The Labute approximate surface area is 199 Å². The Morgan fingerprint density at radius 2 is 1.48 bits per heavy atom. The van der Waals surface area contributed by atoms with Crippen LogP contribution in [-0.4, -0.2) is 49.9 Å². The number of carbonyl (C=O) groups is 1. The topological polar surface area (TPSA) is 68.3 Å². The number of carbonyl (C=O) groups excluding carboxylic acids is 1. The fraction of sp³-hybridized carbons (Fsp3) is 0.519. The van der Waals surface area contributed by atoms with E-state index in [4.69, 9.17) is 13.9 Å². The molecule has 0 radical (unpaired) electrons. The number of hydrogen-bond acceptors (Lipinski definition) is 5. The number of rotatable bonds is 9. The van der Waals surface area contributed by atoms with Crippen LogP contribution in [0.1, 0.15) is 54.4 Å². The lowest BCUT2D eigenvalue weighted by Gasteiger charge is -2.43. The fourth-order valence-electron chi connectivity index (χ4n) is 4.49. The molecule has 1 aliphatic heterocycles. The number of ether oxygens (including phenoxy) is 2. The lowest BCUT2D eigenvalue weighted by molar-refractivity contribution is -0.157. The summed E-state index contributed by atoms with van der Waals surface area (Å²) in [7, 11) is -2.58. The number of epoxide rings is 1. The minimum absolute atomic E-state index is 0.0615. The average Bonchev–Trinajstić information content (AvgIpc) is 3.50. The van der Waals surface area contributed by atoms with Gasteiger partial charge < -0.3 is 19.0 Å². The van der Waals surface area contributed by atoms with Crippen LogP contribution >= 0.6 is 0 Å². The average molecular weight is 471 g/mol. The van der Waals surface area contributed by atoms with E-state index in [0.29, 0.717) is 13.0 Å². The van der Waals surface area contributed by atoms with Gasteiger partial charge in [-0.1, -0.05) is 81.4 Å². The summed E-state index contributed by atoms with van der Waals surface area (Å²) in [5, 5.41) is 12.8. The first-order valence-corrected chi connectivity index (χ1v) is 13.7. The summed E-state index contributed by atoms with van der Waals surface area (Å²) < 4.78 is 17.9. The normalized spacial score (nSPS) is 19.7. The zero-order valence-corrected chi connectivity index (χ0v) is 21.7. The van der Waals surface area contributed by atoms with Crippen LogP contribution in [0.3, 0.4) is 0 Å². The minimum Gasteiger partial charge on any atom is -0.460 e. The monoisotopic (exact) mass is 470 g/mol. The molecule has 1 saturated heterocycles. The molecule has 2 aromatic rings. The largest absolute Gasteiger partial charge is 0.460 e. The van der Waals surface area contributed by atoms with Gasteiger partial charge in [0.25, 0.3) is 8.32 Å². The SMILES string of the molecule is CC(C)(C)OC(=O)CC(O)[C@H]1O[C@H]1CCO[Si](c1ccccc1)(c1ccccc1)C(C)(C)C. The molecule has 33 heavy (non-hydrogen) atoms. The Balaban J connectivity index is 1.68. The highest BCUT2D eigenvalue weighted by molar-refractivity contribution is 6.99. The first-order valence-electron chi connectivity index (χ1n) is 11.7. The minimum atomic E-state index is -2.58. The summed E-state index contributed by atoms with van der Waals surface area (Å²) in [4.78, 5) is 12.0. The predicted molar refractivity (Wildman–Crippen MR) is 133 cm³/mol. The van der Waals surface area contributed by atoms with Crippen LogP contribution < -0.4 is 10.4 Å². The van der Waals surface area contributed by atoms with E-state index in [9.17, 15) is 9.90 Å². The molecule has 0 aromatic heterocycles. The van der Waals surface area contributed by atoms with Crippen LogP contribution in [0.2, 0.25) is 5.04 Å². The summed E-state index contributed by atoms with van der Waals surface area (Å²) in [6, 6.07) is 21.0. The number of aliphatic hydroxyl groups is 1. The first-order chi connectivity index (χ1) is 15.4. The molecule has 0 bridgehead atoms. The van der Waals surface area contributed by atoms with E-state index in [1.807, 2.05) is 32.9 Å². The van der Waals surface area contributed by atoms with Gasteiger partial charge in [-0.2, -0.15) is 0 Å². The van der Waals surface area contributed by atoms with E-state index < -0.39 is 26.0 Å². The van der Waals surface area contributed by atoms with Gasteiger partial charge in [0, 0.05) is 6.61 Å². The van der Waals surface area contributed by atoms with Gasteiger partial charge in [0.2, 0.25) is 0 Å². The highest BCUT2D eigenvalue weighted by Gasteiger charge is 2.51. The maximum Gasteiger partial charge on any atom is 0.309 e. The maximum atomic E-state index is 12.0. The van der Waals surface area contributed by atoms with Crippen molar-refractivity contribution in [1.29, 1.82) is 0 Å². The first kappa shape index (κ1) is 25.6. The van der Waals surface area contributed by atoms with E-state index in [1.54, 1.807) is 0 Å². The molecule has 180 valence electrons. The Morgan fingerprint density at radius 1 is 0.970 bits per heavy atom. The van der Waals surface area contributed by atoms with Crippen molar-refractivity contribution in [2.75, 3.05) is 6.61 Å². The van der Waals surface area contributed by atoms with Gasteiger partial charge in [-0.3, -0.25) is 4.79 Å². The standard InChI is InChI=1S/C27H38O5Si/c1-26(2,3)32-24(29)19-22(28)25-23(31-25)17-18-30-33(27(4,5)6,20-13-9-7-10-14-20)21-15-11-8-12-16-21/h7-16,22-23,25,28H,17-19H2,1-6H3/t22?,23-,25+/m0/s1. The maximum absolute atomic E-state index is 12.0. The third kappa shape index (κ3) is 6.32. The molecule has 3 atom stereocenters. The fourth-order valence-corrected chi connectivity index (χ4v) is 9.07. The van der Waals surface area contributed by atoms with Crippen LogP contribution in [0.5, 0.6) is 0 Å². The van der Waals surface area contributed by atoms with Gasteiger partial charge in [-0.05, 0) is 42.6 Å². The van der Waals surface area contributed by atoms with E-state index in [-0.39, 0.29) is 23.7 Å². The molecule has 3 rings (SSSR count). The molecule has 0 aliphatic carbocycles. The van der Waals surface area contributed by atoms with Crippen LogP contribution in [0, 0.1) is 0 Å². The summed E-state index contributed by atoms with van der Waals surface area (Å²) in [6.45, 7) is 12.7. The smallest absolute Gasteiger partial charge is 0.309 e. The van der Waals surface area contributed by atoms with Crippen molar-refractivity contribution in [3.05, 3.63) is 60.7 Å². The van der Waals surface area contributed by atoms with E-state index in [2.05, 4.69) is 69.3 Å². The number of hydrogen-bond donors (Lipinski definition) is 1. The van der Waals surface area contributed by atoms with Gasteiger partial charge in [-0.15, -0.1) is 0 Å². The Kier molecular flexibility index (Phi) is 7.84. The van der Waals surface area contributed by atoms with Crippen LogP contribution in [-0.2, 0) is 18.7 Å². The van der Waals surface area contributed by atoms with Crippen molar-refractivity contribution in [3.63, 3.8) is 0 Å². The highest BCUT2D eigenvalue weighted by atomic mass is 28.4. The van der Waals surface area contributed by atoms with Crippen LogP contribution in [0.15, 0.2) is 60.7 Å². The van der Waals surface area contributed by atoms with E-state index in [1.165, 1.54) is 10.4 Å². The Bertz CT molecular complexity index is 862. The molecule has 1 heterocycles. The van der Waals surface area contributed by atoms with Crippen LogP contribution in [0.25, 0.3) is 0 Å². The summed E-state index contributed by atoms with van der Waals surface area (Å²) in [6.07, 6.45) is -0.715. The van der Waals surface area contributed by atoms with Crippen molar-refractivity contribution in [2.24, 2.45) is 0 Å². The van der Waals surface area contributed by atoms with Gasteiger partial charge in [0.15, 0.2) is 0 Å². The molecule has 6 heteroatoms. The second-order valence-electron chi connectivity index (χ2n) is 10.8. The predicted octanol–water partition coefficient (Wildman–Crippen LogP) is 3.81. The second-order valence-corrected chi connectivity index (χ2v) is 15.1. The van der Waals surface area contributed by atoms with Crippen molar-refractivity contribution in [2.45, 2.75) is 83.3 Å². The molecule has 5 nitrogen and oxygen atoms in total. The Morgan fingerprint density at radius 3 is 1.94 bits per heavy atom. The van der Waals surface area contributed by atoms with Gasteiger partial charge in [-0.25, -0.2) is 0 Å². The number of aliphatic hydroxyl groups excluding tert-OH is 1. The van der Waals surface area contributed by atoms with Crippen molar-refractivity contribution >= 4 is 24.7 Å². The second kappa shape index (κ2) is 10.1. The quantitative estimate of drug-likeness (QED) is 0.343. The molecule has 1 aliphatic rings.